The van der Waals surface area contributed by atoms with Gasteiger partial charge in [0.25, 0.3) is 5.91 Å². The molecule has 13 nitrogen and oxygen atoms in total. The van der Waals surface area contributed by atoms with Crippen LogP contribution in [0, 0.1) is 12.8 Å². The van der Waals surface area contributed by atoms with Crippen molar-refractivity contribution in [1.29, 1.82) is 0 Å². The van der Waals surface area contributed by atoms with Crippen molar-refractivity contribution >= 4 is 39.8 Å². The molecule has 232 valence electrons. The lowest BCUT2D eigenvalue weighted by Gasteiger charge is -2.27. The first-order valence-electron chi connectivity index (χ1n) is 13.6. The number of nitrogens with zero attached hydrogens (tertiary/aromatic N) is 1. The van der Waals surface area contributed by atoms with E-state index in [0.29, 0.717) is 10.5 Å². The van der Waals surface area contributed by atoms with Crippen molar-refractivity contribution < 1.29 is 41.9 Å². The number of methoxy groups -OCH3 is 1. The van der Waals surface area contributed by atoms with E-state index in [1.807, 2.05) is 0 Å². The van der Waals surface area contributed by atoms with E-state index >= 15 is 0 Å². The number of benzene rings is 2. The smallest absolute Gasteiger partial charge is 0.418 e. The van der Waals surface area contributed by atoms with Gasteiger partial charge in [-0.15, -0.1) is 0 Å². The molecule has 3 rings (SSSR count). The van der Waals surface area contributed by atoms with Crippen LogP contribution in [0.25, 0.3) is 0 Å². The van der Waals surface area contributed by atoms with E-state index < -0.39 is 70.6 Å². The zero-order valence-electron chi connectivity index (χ0n) is 24.5. The molecule has 0 radical (unpaired) electrons. The molecule has 0 spiro atoms. The quantitative estimate of drug-likeness (QED) is 0.278. The lowest BCUT2D eigenvalue weighted by Crippen LogP contribution is -2.56. The SMILES string of the molecule is COC(=O)[C@@H](NC(=O)[C@H](Cc1ccccc1)N1C(=O)O[C@H](CNC(=O)[C@H](C)NS(=O)(=O)c2ccc(C)cc2)C1=O)C(C)C. The third-order valence-electron chi connectivity index (χ3n) is 6.78. The maximum Gasteiger partial charge on any atom is 0.418 e. The third-order valence-corrected chi connectivity index (χ3v) is 8.33. The molecule has 3 N–H and O–H groups in total. The highest BCUT2D eigenvalue weighted by atomic mass is 32.2. The Bertz CT molecular complexity index is 1450. The Morgan fingerprint density at radius 1 is 0.977 bits per heavy atom. The van der Waals surface area contributed by atoms with E-state index in [1.165, 1.54) is 26.2 Å². The predicted molar refractivity (Wildman–Crippen MR) is 154 cm³/mol. The fourth-order valence-electron chi connectivity index (χ4n) is 4.31. The van der Waals surface area contributed by atoms with Crippen LogP contribution >= 0.6 is 0 Å². The van der Waals surface area contributed by atoms with Gasteiger partial charge in [-0.2, -0.15) is 4.72 Å². The molecule has 0 bridgehead atoms. The Morgan fingerprint density at radius 3 is 2.19 bits per heavy atom. The molecule has 1 saturated heterocycles. The second-order valence-corrected chi connectivity index (χ2v) is 12.2. The summed E-state index contributed by atoms with van der Waals surface area (Å²) in [5, 5.41) is 4.99. The highest BCUT2D eigenvalue weighted by molar-refractivity contribution is 7.89. The van der Waals surface area contributed by atoms with Crippen LogP contribution in [0.3, 0.4) is 0 Å². The minimum atomic E-state index is -4.01. The highest BCUT2D eigenvalue weighted by Gasteiger charge is 2.47. The molecule has 4 amide bonds. The van der Waals surface area contributed by atoms with Crippen molar-refractivity contribution in [1.82, 2.24) is 20.3 Å². The van der Waals surface area contributed by atoms with E-state index in [9.17, 15) is 32.4 Å². The summed E-state index contributed by atoms with van der Waals surface area (Å²) in [6.45, 7) is 6.06. The number of sulfonamides is 1. The van der Waals surface area contributed by atoms with E-state index in [2.05, 4.69) is 15.4 Å². The topological polar surface area (TPSA) is 177 Å². The van der Waals surface area contributed by atoms with Crippen molar-refractivity contribution in [2.45, 2.75) is 63.2 Å². The number of hydrogen-bond acceptors (Lipinski definition) is 9. The molecule has 0 aromatic heterocycles. The minimum Gasteiger partial charge on any atom is -0.467 e. The maximum atomic E-state index is 13.4. The van der Waals surface area contributed by atoms with Crippen LogP contribution < -0.4 is 15.4 Å². The van der Waals surface area contributed by atoms with Crippen LogP contribution in [-0.2, 0) is 45.1 Å². The second kappa shape index (κ2) is 14.2. The fraction of sp³-hybridized carbons (Fsp3) is 0.414. The normalized spacial score (nSPS) is 17.2. The van der Waals surface area contributed by atoms with Crippen LogP contribution in [0.15, 0.2) is 59.5 Å². The molecule has 2 aromatic carbocycles. The monoisotopic (exact) mass is 616 g/mol. The Labute approximate surface area is 250 Å². The summed E-state index contributed by atoms with van der Waals surface area (Å²) in [6.07, 6.45) is -2.64. The number of amides is 4. The van der Waals surface area contributed by atoms with Crippen LogP contribution in [0.4, 0.5) is 4.79 Å². The van der Waals surface area contributed by atoms with Gasteiger partial charge in [0.15, 0.2) is 6.10 Å². The summed E-state index contributed by atoms with van der Waals surface area (Å²) in [6, 6.07) is 11.1. The van der Waals surface area contributed by atoms with E-state index in [-0.39, 0.29) is 17.2 Å². The fourth-order valence-corrected chi connectivity index (χ4v) is 5.52. The number of esters is 1. The van der Waals surface area contributed by atoms with Gasteiger partial charge < -0.3 is 20.1 Å². The highest BCUT2D eigenvalue weighted by Crippen LogP contribution is 2.20. The van der Waals surface area contributed by atoms with Crippen LogP contribution in [0.1, 0.15) is 31.9 Å². The molecule has 1 aliphatic rings. The van der Waals surface area contributed by atoms with Gasteiger partial charge in [0.1, 0.15) is 12.1 Å². The minimum absolute atomic E-state index is 0.0251. The van der Waals surface area contributed by atoms with Crippen molar-refractivity contribution in [3.05, 3.63) is 65.7 Å². The summed E-state index contributed by atoms with van der Waals surface area (Å²) in [5.74, 6) is -3.47. The Hall–Kier alpha value is -4.30. The van der Waals surface area contributed by atoms with Crippen molar-refractivity contribution in [3.63, 3.8) is 0 Å². The van der Waals surface area contributed by atoms with Crippen molar-refractivity contribution in [2.75, 3.05) is 13.7 Å². The molecule has 1 aliphatic heterocycles. The zero-order valence-corrected chi connectivity index (χ0v) is 25.3. The Balaban J connectivity index is 1.72. The first kappa shape index (κ1) is 33.2. The predicted octanol–water partition coefficient (Wildman–Crippen LogP) is 1.05. The molecule has 0 saturated carbocycles. The van der Waals surface area contributed by atoms with Gasteiger partial charge in [-0.05, 0) is 37.5 Å². The largest absolute Gasteiger partial charge is 0.467 e. The molecular formula is C29H36N4O9S. The number of hydrogen-bond donors (Lipinski definition) is 3. The van der Waals surface area contributed by atoms with Gasteiger partial charge in [-0.25, -0.2) is 22.9 Å². The number of rotatable bonds is 13. The number of ether oxygens (including phenoxy) is 2. The molecule has 14 heteroatoms. The standard InChI is InChI=1S/C29H36N4O9S/c1-17(2)24(28(37)41-5)31-26(35)22(15-20-9-7-6-8-10-20)33-27(36)23(42-29(33)38)16-30-25(34)19(4)32-43(39,40)21-13-11-18(3)12-14-21/h6-14,17,19,22-24,32H,15-16H2,1-5H3,(H,30,34)(H,31,35)/t19-,22-,23+,24-/m0/s1. The molecule has 4 atom stereocenters. The number of carbonyl (C=O) groups is 5. The lowest BCUT2D eigenvalue weighted by atomic mass is 10.0. The molecule has 1 fully saturated rings. The lowest BCUT2D eigenvalue weighted by molar-refractivity contribution is -0.147. The summed E-state index contributed by atoms with van der Waals surface area (Å²) in [4.78, 5) is 65.2. The first-order valence-corrected chi connectivity index (χ1v) is 15.1. The Kier molecular flexibility index (Phi) is 11.0. The van der Waals surface area contributed by atoms with Crippen LogP contribution in [0.5, 0.6) is 0 Å². The van der Waals surface area contributed by atoms with Gasteiger partial charge in [0, 0.05) is 6.42 Å². The summed E-state index contributed by atoms with van der Waals surface area (Å²) in [5.41, 5.74) is 1.50. The van der Waals surface area contributed by atoms with E-state index in [4.69, 9.17) is 9.47 Å². The molecule has 1 heterocycles. The second-order valence-electron chi connectivity index (χ2n) is 10.4. The molecule has 43 heavy (non-hydrogen) atoms. The average Bonchev–Trinajstić information content (AvgIpc) is 3.25. The number of carbonyl (C=O) groups excluding carboxylic acids is 5. The summed E-state index contributed by atoms with van der Waals surface area (Å²) < 4.78 is 37.5. The first-order chi connectivity index (χ1) is 20.2. The molecule has 0 unspecified atom stereocenters. The summed E-state index contributed by atoms with van der Waals surface area (Å²) >= 11 is 0. The summed E-state index contributed by atoms with van der Waals surface area (Å²) in [7, 11) is -2.83. The number of imide groups is 1. The zero-order chi connectivity index (χ0) is 31.9. The van der Waals surface area contributed by atoms with Crippen molar-refractivity contribution in [3.8, 4) is 0 Å². The van der Waals surface area contributed by atoms with Crippen LogP contribution in [-0.4, -0.2) is 81.0 Å². The van der Waals surface area contributed by atoms with Gasteiger partial charge >= 0.3 is 12.1 Å². The number of cyclic esters (lactones) is 1. The maximum absolute atomic E-state index is 13.4. The number of nitrogens with one attached hydrogen (secondary N) is 3. The Morgan fingerprint density at radius 2 is 1.60 bits per heavy atom. The molecule has 0 aliphatic carbocycles. The van der Waals surface area contributed by atoms with Gasteiger partial charge in [0.05, 0.1) is 24.6 Å². The third kappa shape index (κ3) is 8.38. The van der Waals surface area contributed by atoms with Crippen molar-refractivity contribution in [2.24, 2.45) is 5.92 Å². The van der Waals surface area contributed by atoms with Gasteiger partial charge in [0.2, 0.25) is 21.8 Å². The molecule has 2 aromatic rings. The van der Waals surface area contributed by atoms with Gasteiger partial charge in [-0.3, -0.25) is 14.4 Å². The van der Waals surface area contributed by atoms with E-state index in [1.54, 1.807) is 63.2 Å². The van der Waals surface area contributed by atoms with E-state index in [0.717, 1.165) is 5.56 Å². The van der Waals surface area contributed by atoms with Crippen LogP contribution in [0.2, 0.25) is 0 Å². The molecular weight excluding hydrogens is 580 g/mol. The van der Waals surface area contributed by atoms with Gasteiger partial charge in [-0.1, -0.05) is 61.9 Å². The number of aryl methyl sites for hydroxylation is 1. The average molecular weight is 617 g/mol.